The van der Waals surface area contributed by atoms with Crippen LogP contribution in [0.2, 0.25) is 0 Å². The van der Waals surface area contributed by atoms with Gasteiger partial charge in [-0.25, -0.2) is 0 Å². The van der Waals surface area contributed by atoms with Gasteiger partial charge in [-0.3, -0.25) is 0 Å². The third-order valence-electron chi connectivity index (χ3n) is 4.91. The summed E-state index contributed by atoms with van der Waals surface area (Å²) in [5.74, 6) is 0. The first kappa shape index (κ1) is 19.0. The molecule has 0 fully saturated rings. The summed E-state index contributed by atoms with van der Waals surface area (Å²) in [4.78, 5) is 0. The standard InChI is InChI=1S/C24H24N6/c25-16-4-13(5-17(26)10-16)22-2-1-3-23(14-6-18(27)11-19(28)7-14)24(22)15-8-20(29)12-21(30)9-15/h1-12H,25-30H2. The van der Waals surface area contributed by atoms with Crippen molar-refractivity contribution in [3.63, 3.8) is 0 Å². The van der Waals surface area contributed by atoms with Crippen LogP contribution in [-0.4, -0.2) is 0 Å². The molecule has 0 aromatic heterocycles. The van der Waals surface area contributed by atoms with Gasteiger partial charge in [0, 0.05) is 34.1 Å². The van der Waals surface area contributed by atoms with Gasteiger partial charge in [0.25, 0.3) is 0 Å². The molecule has 0 radical (unpaired) electrons. The fourth-order valence-electron chi connectivity index (χ4n) is 3.83. The van der Waals surface area contributed by atoms with Crippen LogP contribution >= 0.6 is 0 Å². The van der Waals surface area contributed by atoms with Crippen LogP contribution in [0.4, 0.5) is 34.1 Å². The lowest BCUT2D eigenvalue weighted by Gasteiger charge is -2.18. The van der Waals surface area contributed by atoms with Crippen LogP contribution in [-0.2, 0) is 0 Å². The van der Waals surface area contributed by atoms with Gasteiger partial charge in [-0.1, -0.05) is 18.2 Å². The second-order valence-electron chi connectivity index (χ2n) is 7.39. The SMILES string of the molecule is Nc1cc(N)cc(-c2cccc(-c3cc(N)cc(N)c3)c2-c2cc(N)cc(N)c2)c1. The molecule has 0 saturated carbocycles. The molecule has 6 nitrogen and oxygen atoms in total. The third kappa shape index (κ3) is 3.66. The average Bonchev–Trinajstić information content (AvgIpc) is 2.65. The molecule has 0 spiro atoms. The van der Waals surface area contributed by atoms with E-state index in [1.807, 2.05) is 54.6 Å². The predicted molar refractivity (Wildman–Crippen MR) is 129 cm³/mol. The van der Waals surface area contributed by atoms with Gasteiger partial charge in [0.2, 0.25) is 0 Å². The highest BCUT2D eigenvalue weighted by atomic mass is 14.6. The van der Waals surface area contributed by atoms with Crippen molar-refractivity contribution < 1.29 is 0 Å². The molecule has 0 aliphatic carbocycles. The Kier molecular flexibility index (Phi) is 4.60. The Balaban J connectivity index is 2.09. The predicted octanol–water partition coefficient (Wildman–Crippen LogP) is 4.18. The second-order valence-corrected chi connectivity index (χ2v) is 7.39. The molecule has 0 aliphatic rings. The quantitative estimate of drug-likeness (QED) is 0.285. The molecule has 0 aliphatic heterocycles. The molecule has 4 rings (SSSR count). The number of nitrogen functional groups attached to an aromatic ring is 6. The molecule has 0 amide bonds. The molecule has 6 heteroatoms. The largest absolute Gasteiger partial charge is 0.399 e. The van der Waals surface area contributed by atoms with Gasteiger partial charge in [-0.15, -0.1) is 0 Å². The number of benzene rings is 4. The average molecular weight is 396 g/mol. The minimum Gasteiger partial charge on any atom is -0.399 e. The molecule has 30 heavy (non-hydrogen) atoms. The molecular formula is C24H24N6. The summed E-state index contributed by atoms with van der Waals surface area (Å²) in [6.45, 7) is 0. The van der Waals surface area contributed by atoms with Gasteiger partial charge in [0.05, 0.1) is 0 Å². The van der Waals surface area contributed by atoms with Gasteiger partial charge in [-0.2, -0.15) is 0 Å². The Morgan fingerprint density at radius 2 is 0.667 bits per heavy atom. The van der Waals surface area contributed by atoms with Crippen molar-refractivity contribution in [2.24, 2.45) is 0 Å². The molecule has 0 unspecified atom stereocenters. The van der Waals surface area contributed by atoms with Gasteiger partial charge in [0.1, 0.15) is 0 Å². The van der Waals surface area contributed by atoms with Crippen molar-refractivity contribution >= 4 is 34.1 Å². The summed E-state index contributed by atoms with van der Waals surface area (Å²) >= 11 is 0. The first-order chi connectivity index (χ1) is 14.3. The summed E-state index contributed by atoms with van der Waals surface area (Å²) in [7, 11) is 0. The lowest BCUT2D eigenvalue weighted by molar-refractivity contribution is 1.55. The van der Waals surface area contributed by atoms with Crippen LogP contribution in [0.25, 0.3) is 33.4 Å². The Labute approximate surface area is 175 Å². The molecule has 150 valence electrons. The monoisotopic (exact) mass is 396 g/mol. The van der Waals surface area contributed by atoms with E-state index < -0.39 is 0 Å². The van der Waals surface area contributed by atoms with E-state index in [2.05, 4.69) is 0 Å². The van der Waals surface area contributed by atoms with Gasteiger partial charge in [0.15, 0.2) is 0 Å². The Morgan fingerprint density at radius 3 is 1.00 bits per heavy atom. The van der Waals surface area contributed by atoms with Crippen molar-refractivity contribution in [1.82, 2.24) is 0 Å². The minimum atomic E-state index is 0.574. The molecule has 0 bridgehead atoms. The summed E-state index contributed by atoms with van der Waals surface area (Å²) < 4.78 is 0. The number of nitrogens with two attached hydrogens (primary N) is 6. The fraction of sp³-hybridized carbons (Fsp3) is 0. The maximum absolute atomic E-state index is 6.11. The summed E-state index contributed by atoms with van der Waals surface area (Å²) in [5, 5.41) is 0. The first-order valence-corrected chi connectivity index (χ1v) is 9.42. The van der Waals surface area contributed by atoms with Gasteiger partial charge >= 0.3 is 0 Å². The first-order valence-electron chi connectivity index (χ1n) is 9.42. The smallest absolute Gasteiger partial charge is 0.0340 e. The van der Waals surface area contributed by atoms with Crippen molar-refractivity contribution in [3.05, 3.63) is 72.8 Å². The summed E-state index contributed by atoms with van der Waals surface area (Å²) in [5.41, 5.74) is 45.5. The summed E-state index contributed by atoms with van der Waals surface area (Å²) in [6.07, 6.45) is 0. The van der Waals surface area contributed by atoms with Crippen LogP contribution in [0.5, 0.6) is 0 Å². The van der Waals surface area contributed by atoms with Gasteiger partial charge in [-0.05, 0) is 88.0 Å². The Morgan fingerprint density at radius 1 is 0.367 bits per heavy atom. The lowest BCUT2D eigenvalue weighted by atomic mass is 9.87. The zero-order valence-electron chi connectivity index (χ0n) is 16.4. The van der Waals surface area contributed by atoms with Crippen LogP contribution in [0.1, 0.15) is 0 Å². The van der Waals surface area contributed by atoms with E-state index >= 15 is 0 Å². The molecule has 4 aromatic carbocycles. The second kappa shape index (κ2) is 7.25. The topological polar surface area (TPSA) is 156 Å². The summed E-state index contributed by atoms with van der Waals surface area (Å²) in [6, 6.07) is 22.5. The van der Waals surface area contributed by atoms with E-state index in [-0.39, 0.29) is 0 Å². The van der Waals surface area contributed by atoms with E-state index in [4.69, 9.17) is 34.4 Å². The maximum Gasteiger partial charge on any atom is 0.0340 e. The number of hydrogen-bond acceptors (Lipinski definition) is 6. The zero-order chi connectivity index (χ0) is 21.4. The third-order valence-corrected chi connectivity index (χ3v) is 4.91. The minimum absolute atomic E-state index is 0.574. The van der Waals surface area contributed by atoms with E-state index in [0.717, 1.165) is 33.4 Å². The molecule has 0 saturated heterocycles. The van der Waals surface area contributed by atoms with Crippen molar-refractivity contribution in [2.75, 3.05) is 34.4 Å². The van der Waals surface area contributed by atoms with Crippen molar-refractivity contribution in [3.8, 4) is 33.4 Å². The Hall–Kier alpha value is -4.32. The number of anilines is 6. The van der Waals surface area contributed by atoms with Crippen LogP contribution < -0.4 is 34.4 Å². The number of hydrogen-bond donors (Lipinski definition) is 6. The van der Waals surface area contributed by atoms with Crippen molar-refractivity contribution in [1.29, 1.82) is 0 Å². The Bertz CT molecular complexity index is 1130. The molecule has 0 heterocycles. The van der Waals surface area contributed by atoms with E-state index in [0.29, 0.717) is 34.1 Å². The lowest BCUT2D eigenvalue weighted by Crippen LogP contribution is -1.97. The maximum atomic E-state index is 6.11. The molecule has 0 atom stereocenters. The van der Waals surface area contributed by atoms with Gasteiger partial charge < -0.3 is 34.4 Å². The van der Waals surface area contributed by atoms with E-state index in [1.165, 1.54) is 0 Å². The molecular weight excluding hydrogens is 372 g/mol. The van der Waals surface area contributed by atoms with Crippen LogP contribution in [0, 0.1) is 0 Å². The normalized spacial score (nSPS) is 10.8. The molecule has 4 aromatic rings. The highest BCUT2D eigenvalue weighted by Gasteiger charge is 2.16. The number of rotatable bonds is 3. The molecule has 12 N–H and O–H groups in total. The fourth-order valence-corrected chi connectivity index (χ4v) is 3.83. The van der Waals surface area contributed by atoms with Crippen LogP contribution in [0.3, 0.4) is 0 Å². The van der Waals surface area contributed by atoms with E-state index in [1.54, 1.807) is 18.2 Å². The zero-order valence-corrected chi connectivity index (χ0v) is 16.4. The highest BCUT2D eigenvalue weighted by Crippen LogP contribution is 2.42. The van der Waals surface area contributed by atoms with Crippen molar-refractivity contribution in [2.45, 2.75) is 0 Å². The highest BCUT2D eigenvalue weighted by molar-refractivity contribution is 5.97. The van der Waals surface area contributed by atoms with E-state index in [9.17, 15) is 0 Å². The van der Waals surface area contributed by atoms with Crippen LogP contribution in [0.15, 0.2) is 72.8 Å².